The quantitative estimate of drug-likeness (QED) is 0.758. The standard InChI is InChI=1S/C12H11NO2/c14-7-8-5-11-10(12(15)6-8)3-4-13(11)9-1-2-9/h3-7,9,15H,1-2H2. The van der Waals surface area contributed by atoms with Crippen LogP contribution in [0, 0.1) is 0 Å². The predicted octanol–water partition coefficient (Wildman–Crippen LogP) is 2.49. The minimum absolute atomic E-state index is 0.189. The van der Waals surface area contributed by atoms with Crippen molar-refractivity contribution >= 4 is 17.2 Å². The normalized spacial score (nSPS) is 15.7. The molecule has 0 atom stereocenters. The van der Waals surface area contributed by atoms with E-state index < -0.39 is 0 Å². The van der Waals surface area contributed by atoms with Crippen LogP contribution in [0.4, 0.5) is 0 Å². The zero-order valence-corrected chi connectivity index (χ0v) is 8.18. The predicted molar refractivity (Wildman–Crippen MR) is 57.3 cm³/mol. The summed E-state index contributed by atoms with van der Waals surface area (Å²) < 4.78 is 2.14. The van der Waals surface area contributed by atoms with E-state index in [0.29, 0.717) is 11.6 Å². The van der Waals surface area contributed by atoms with E-state index in [-0.39, 0.29) is 5.75 Å². The summed E-state index contributed by atoms with van der Waals surface area (Å²) in [6, 6.07) is 5.80. The molecule has 0 amide bonds. The zero-order chi connectivity index (χ0) is 10.4. The molecule has 1 aromatic carbocycles. The summed E-state index contributed by atoms with van der Waals surface area (Å²) in [6.45, 7) is 0. The van der Waals surface area contributed by atoms with Crippen LogP contribution in [-0.4, -0.2) is 16.0 Å². The fraction of sp³-hybridized carbons (Fsp3) is 0.250. The Bertz CT molecular complexity index is 538. The summed E-state index contributed by atoms with van der Waals surface area (Å²) in [4.78, 5) is 10.7. The number of phenolic OH excluding ortho intramolecular Hbond substituents is 1. The Morgan fingerprint density at radius 2 is 2.20 bits per heavy atom. The maximum Gasteiger partial charge on any atom is 0.150 e. The van der Waals surface area contributed by atoms with Crippen LogP contribution in [0.5, 0.6) is 5.75 Å². The van der Waals surface area contributed by atoms with Gasteiger partial charge >= 0.3 is 0 Å². The first-order valence-corrected chi connectivity index (χ1v) is 5.08. The Hall–Kier alpha value is -1.77. The van der Waals surface area contributed by atoms with Crippen LogP contribution in [-0.2, 0) is 0 Å². The molecule has 3 rings (SSSR count). The topological polar surface area (TPSA) is 42.2 Å². The van der Waals surface area contributed by atoms with Gasteiger partial charge in [-0.1, -0.05) is 0 Å². The van der Waals surface area contributed by atoms with Gasteiger partial charge < -0.3 is 9.67 Å². The smallest absolute Gasteiger partial charge is 0.150 e. The molecule has 1 N–H and O–H groups in total. The molecule has 0 radical (unpaired) electrons. The molecule has 0 unspecified atom stereocenters. The van der Waals surface area contributed by atoms with E-state index in [4.69, 9.17) is 0 Å². The van der Waals surface area contributed by atoms with Crippen molar-refractivity contribution in [2.75, 3.05) is 0 Å². The fourth-order valence-electron chi connectivity index (χ4n) is 2.00. The summed E-state index contributed by atoms with van der Waals surface area (Å²) in [5.41, 5.74) is 1.49. The Kier molecular flexibility index (Phi) is 1.63. The van der Waals surface area contributed by atoms with Gasteiger partial charge in [-0.15, -0.1) is 0 Å². The van der Waals surface area contributed by atoms with Gasteiger partial charge in [-0.3, -0.25) is 4.79 Å². The number of hydrogen-bond acceptors (Lipinski definition) is 2. The second-order valence-corrected chi connectivity index (χ2v) is 4.04. The average molecular weight is 201 g/mol. The molecular weight excluding hydrogens is 190 g/mol. The van der Waals surface area contributed by atoms with E-state index in [2.05, 4.69) is 4.57 Å². The number of benzene rings is 1. The maximum atomic E-state index is 10.7. The van der Waals surface area contributed by atoms with Gasteiger partial charge in [0, 0.05) is 23.2 Å². The third-order valence-corrected chi connectivity index (χ3v) is 2.92. The molecule has 1 saturated carbocycles. The molecule has 3 heteroatoms. The minimum atomic E-state index is 0.189. The van der Waals surface area contributed by atoms with Gasteiger partial charge in [-0.25, -0.2) is 0 Å². The van der Waals surface area contributed by atoms with Crippen LogP contribution in [0.25, 0.3) is 10.9 Å². The van der Waals surface area contributed by atoms with Gasteiger partial charge in [-0.2, -0.15) is 0 Å². The van der Waals surface area contributed by atoms with Crippen molar-refractivity contribution in [1.82, 2.24) is 4.57 Å². The van der Waals surface area contributed by atoms with Crippen LogP contribution >= 0.6 is 0 Å². The summed E-state index contributed by atoms with van der Waals surface area (Å²) in [5.74, 6) is 0.189. The van der Waals surface area contributed by atoms with E-state index in [9.17, 15) is 9.90 Å². The summed E-state index contributed by atoms with van der Waals surface area (Å²) in [5, 5.41) is 10.6. The highest BCUT2D eigenvalue weighted by Gasteiger charge is 2.24. The van der Waals surface area contributed by atoms with Crippen LogP contribution in [0.3, 0.4) is 0 Å². The van der Waals surface area contributed by atoms with E-state index in [1.807, 2.05) is 18.3 Å². The summed E-state index contributed by atoms with van der Waals surface area (Å²) in [6.07, 6.45) is 5.13. The van der Waals surface area contributed by atoms with Crippen LogP contribution in [0.2, 0.25) is 0 Å². The molecule has 76 valence electrons. The number of aromatic hydroxyl groups is 1. The highest BCUT2D eigenvalue weighted by atomic mass is 16.3. The number of rotatable bonds is 2. The Morgan fingerprint density at radius 3 is 2.87 bits per heavy atom. The first-order chi connectivity index (χ1) is 7.29. The molecular formula is C12H11NO2. The van der Waals surface area contributed by atoms with Gasteiger partial charge in [-0.05, 0) is 31.0 Å². The number of nitrogens with zero attached hydrogens (tertiary/aromatic N) is 1. The van der Waals surface area contributed by atoms with Gasteiger partial charge in [0.15, 0.2) is 0 Å². The number of carbonyl (C=O) groups is 1. The van der Waals surface area contributed by atoms with Gasteiger partial charge in [0.2, 0.25) is 0 Å². The number of aromatic nitrogens is 1. The molecule has 3 nitrogen and oxygen atoms in total. The summed E-state index contributed by atoms with van der Waals surface area (Å²) >= 11 is 0. The van der Waals surface area contributed by atoms with Crippen molar-refractivity contribution in [2.45, 2.75) is 18.9 Å². The molecule has 0 bridgehead atoms. The lowest BCUT2D eigenvalue weighted by atomic mass is 10.1. The Morgan fingerprint density at radius 1 is 1.40 bits per heavy atom. The van der Waals surface area contributed by atoms with E-state index in [1.54, 1.807) is 0 Å². The molecule has 1 heterocycles. The number of phenols is 1. The fourth-order valence-corrected chi connectivity index (χ4v) is 2.00. The highest BCUT2D eigenvalue weighted by molar-refractivity contribution is 5.92. The van der Waals surface area contributed by atoms with Crippen molar-refractivity contribution < 1.29 is 9.90 Å². The third-order valence-electron chi connectivity index (χ3n) is 2.92. The average Bonchev–Trinajstić information content (AvgIpc) is 2.99. The molecule has 1 aliphatic rings. The van der Waals surface area contributed by atoms with Gasteiger partial charge in [0.1, 0.15) is 12.0 Å². The number of fused-ring (bicyclic) bond motifs is 1. The van der Waals surface area contributed by atoms with Gasteiger partial charge in [0.05, 0.1) is 5.52 Å². The van der Waals surface area contributed by atoms with Crippen molar-refractivity contribution in [3.8, 4) is 5.75 Å². The lowest BCUT2D eigenvalue weighted by Crippen LogP contribution is -1.91. The van der Waals surface area contributed by atoms with E-state index in [1.165, 1.54) is 18.9 Å². The van der Waals surface area contributed by atoms with E-state index in [0.717, 1.165) is 17.2 Å². The van der Waals surface area contributed by atoms with E-state index >= 15 is 0 Å². The molecule has 15 heavy (non-hydrogen) atoms. The lowest BCUT2D eigenvalue weighted by molar-refractivity contribution is 0.112. The van der Waals surface area contributed by atoms with Gasteiger partial charge in [0.25, 0.3) is 0 Å². The minimum Gasteiger partial charge on any atom is -0.507 e. The highest BCUT2D eigenvalue weighted by Crippen LogP contribution is 2.39. The van der Waals surface area contributed by atoms with Crippen LogP contribution < -0.4 is 0 Å². The van der Waals surface area contributed by atoms with Crippen LogP contribution in [0.15, 0.2) is 24.4 Å². The van der Waals surface area contributed by atoms with Crippen molar-refractivity contribution in [3.05, 3.63) is 30.0 Å². The van der Waals surface area contributed by atoms with Crippen molar-refractivity contribution in [1.29, 1.82) is 0 Å². The third kappa shape index (κ3) is 1.23. The number of hydrogen-bond donors (Lipinski definition) is 1. The summed E-state index contributed by atoms with van der Waals surface area (Å²) in [7, 11) is 0. The SMILES string of the molecule is O=Cc1cc(O)c2ccn(C3CC3)c2c1. The lowest BCUT2D eigenvalue weighted by Gasteiger charge is -2.03. The molecule has 1 aromatic heterocycles. The zero-order valence-electron chi connectivity index (χ0n) is 8.18. The molecule has 2 aromatic rings. The molecule has 0 spiro atoms. The van der Waals surface area contributed by atoms with Crippen molar-refractivity contribution in [3.63, 3.8) is 0 Å². The first-order valence-electron chi connectivity index (χ1n) is 5.08. The first kappa shape index (κ1) is 8.53. The monoisotopic (exact) mass is 201 g/mol. The van der Waals surface area contributed by atoms with Crippen molar-refractivity contribution in [2.24, 2.45) is 0 Å². The molecule has 1 fully saturated rings. The molecule has 1 aliphatic carbocycles. The molecule has 0 aliphatic heterocycles. The second-order valence-electron chi connectivity index (χ2n) is 4.04. The Balaban J connectivity index is 2.30. The Labute approximate surface area is 86.9 Å². The number of carbonyl (C=O) groups excluding carboxylic acids is 1. The number of aldehydes is 1. The second kappa shape index (κ2) is 2.86. The van der Waals surface area contributed by atoms with Crippen LogP contribution in [0.1, 0.15) is 29.2 Å². The maximum absolute atomic E-state index is 10.7. The largest absolute Gasteiger partial charge is 0.507 e. The molecule has 0 saturated heterocycles.